The molecule has 0 bridgehead atoms. The largest absolute Gasteiger partial charge is 0.452 e. The van der Waals surface area contributed by atoms with E-state index in [2.05, 4.69) is 5.32 Å². The summed E-state index contributed by atoms with van der Waals surface area (Å²) in [7, 11) is 0. The Bertz CT molecular complexity index is 684. The van der Waals surface area contributed by atoms with Crippen LogP contribution in [0.5, 0.6) is 0 Å². The van der Waals surface area contributed by atoms with Crippen LogP contribution in [0.4, 0.5) is 5.69 Å². The molecule has 3 N–H and O–H groups in total. The lowest BCUT2D eigenvalue weighted by Crippen LogP contribution is -2.31. The topological polar surface area (TPSA) is 81.4 Å². The van der Waals surface area contributed by atoms with Crippen molar-refractivity contribution in [2.24, 2.45) is 0 Å². The molecule has 0 aliphatic carbocycles. The van der Waals surface area contributed by atoms with Crippen molar-refractivity contribution in [2.75, 3.05) is 12.3 Å². The summed E-state index contributed by atoms with van der Waals surface area (Å²) in [5.41, 5.74) is 7.35. The van der Waals surface area contributed by atoms with Gasteiger partial charge >= 0.3 is 5.97 Å². The first-order valence-electron chi connectivity index (χ1n) is 7.03. The van der Waals surface area contributed by atoms with Gasteiger partial charge < -0.3 is 15.8 Å². The molecule has 0 fully saturated rings. The van der Waals surface area contributed by atoms with Crippen LogP contribution < -0.4 is 11.1 Å². The highest BCUT2D eigenvalue weighted by Crippen LogP contribution is 2.16. The SMILES string of the molecule is C[C@@H](NC(=O)COC(=O)c1ccc(N)cc1)c1ccc(Cl)cc1. The molecule has 0 unspecified atom stereocenters. The number of anilines is 1. The molecule has 0 aromatic heterocycles. The number of esters is 1. The maximum absolute atomic E-state index is 11.8. The van der Waals surface area contributed by atoms with E-state index in [4.69, 9.17) is 22.1 Å². The molecule has 2 aromatic carbocycles. The van der Waals surface area contributed by atoms with Crippen LogP contribution >= 0.6 is 11.6 Å². The number of nitrogen functional groups attached to an aromatic ring is 1. The van der Waals surface area contributed by atoms with Gasteiger partial charge in [-0.2, -0.15) is 0 Å². The number of benzene rings is 2. The minimum absolute atomic E-state index is 0.213. The van der Waals surface area contributed by atoms with Crippen LogP contribution in [0, 0.1) is 0 Å². The second-order valence-electron chi connectivity index (χ2n) is 5.04. The van der Waals surface area contributed by atoms with Gasteiger partial charge in [-0.1, -0.05) is 23.7 Å². The predicted molar refractivity (Wildman–Crippen MR) is 89.1 cm³/mol. The normalized spacial score (nSPS) is 11.6. The number of hydrogen-bond donors (Lipinski definition) is 2. The van der Waals surface area contributed by atoms with Gasteiger partial charge in [-0.3, -0.25) is 4.79 Å². The van der Waals surface area contributed by atoms with Gasteiger partial charge in [-0.15, -0.1) is 0 Å². The van der Waals surface area contributed by atoms with Crippen molar-refractivity contribution in [3.63, 3.8) is 0 Å². The van der Waals surface area contributed by atoms with E-state index in [-0.39, 0.29) is 18.6 Å². The number of nitrogens with two attached hydrogens (primary N) is 1. The number of carbonyl (C=O) groups excluding carboxylic acids is 2. The van der Waals surface area contributed by atoms with Crippen molar-refractivity contribution in [1.29, 1.82) is 0 Å². The van der Waals surface area contributed by atoms with Gasteiger partial charge in [-0.25, -0.2) is 4.79 Å². The molecule has 0 radical (unpaired) electrons. The van der Waals surface area contributed by atoms with E-state index in [0.29, 0.717) is 16.3 Å². The number of hydrogen-bond acceptors (Lipinski definition) is 4. The molecule has 120 valence electrons. The van der Waals surface area contributed by atoms with Crippen molar-refractivity contribution < 1.29 is 14.3 Å². The fraction of sp³-hybridized carbons (Fsp3) is 0.176. The van der Waals surface area contributed by atoms with E-state index in [1.54, 1.807) is 36.4 Å². The maximum Gasteiger partial charge on any atom is 0.338 e. The van der Waals surface area contributed by atoms with Crippen LogP contribution in [0.3, 0.4) is 0 Å². The van der Waals surface area contributed by atoms with E-state index >= 15 is 0 Å². The lowest BCUT2D eigenvalue weighted by atomic mass is 10.1. The number of amides is 1. The first-order chi connectivity index (χ1) is 11.0. The van der Waals surface area contributed by atoms with E-state index in [1.165, 1.54) is 0 Å². The van der Waals surface area contributed by atoms with Crippen LogP contribution in [-0.4, -0.2) is 18.5 Å². The minimum Gasteiger partial charge on any atom is -0.452 e. The quantitative estimate of drug-likeness (QED) is 0.651. The van der Waals surface area contributed by atoms with Gasteiger partial charge in [0.1, 0.15) is 0 Å². The highest BCUT2D eigenvalue weighted by Gasteiger charge is 2.13. The highest BCUT2D eigenvalue weighted by molar-refractivity contribution is 6.30. The number of nitrogens with one attached hydrogen (secondary N) is 1. The van der Waals surface area contributed by atoms with Crippen LogP contribution in [0.25, 0.3) is 0 Å². The van der Waals surface area contributed by atoms with Crippen LogP contribution in [0.2, 0.25) is 5.02 Å². The second-order valence-corrected chi connectivity index (χ2v) is 5.48. The van der Waals surface area contributed by atoms with Crippen molar-refractivity contribution in [2.45, 2.75) is 13.0 Å². The van der Waals surface area contributed by atoms with Crippen molar-refractivity contribution >= 4 is 29.2 Å². The maximum atomic E-state index is 11.8. The molecule has 2 rings (SSSR count). The van der Waals surface area contributed by atoms with Crippen molar-refractivity contribution in [1.82, 2.24) is 5.32 Å². The van der Waals surface area contributed by atoms with E-state index in [9.17, 15) is 9.59 Å². The Hall–Kier alpha value is -2.53. The summed E-state index contributed by atoms with van der Waals surface area (Å²) < 4.78 is 4.97. The first kappa shape index (κ1) is 16.8. The summed E-state index contributed by atoms with van der Waals surface area (Å²) in [5.74, 6) is -0.949. The van der Waals surface area contributed by atoms with Crippen molar-refractivity contribution in [3.8, 4) is 0 Å². The molecule has 0 aliphatic rings. The van der Waals surface area contributed by atoms with E-state index in [1.807, 2.05) is 19.1 Å². The molecule has 0 aliphatic heterocycles. The van der Waals surface area contributed by atoms with Gasteiger partial charge in [0.25, 0.3) is 5.91 Å². The molecule has 2 aromatic rings. The van der Waals surface area contributed by atoms with Crippen molar-refractivity contribution in [3.05, 3.63) is 64.7 Å². The number of rotatable bonds is 5. The summed E-state index contributed by atoms with van der Waals surface area (Å²) in [5, 5.41) is 3.38. The molecule has 0 heterocycles. The van der Waals surface area contributed by atoms with Gasteiger partial charge in [0, 0.05) is 10.7 Å². The third-order valence-electron chi connectivity index (χ3n) is 3.23. The molecule has 1 amide bonds. The lowest BCUT2D eigenvalue weighted by Gasteiger charge is -2.14. The fourth-order valence-electron chi connectivity index (χ4n) is 1.95. The summed E-state index contributed by atoms with van der Waals surface area (Å²) in [6.07, 6.45) is 0. The molecule has 5 nitrogen and oxygen atoms in total. The Labute approximate surface area is 139 Å². The molecule has 6 heteroatoms. The fourth-order valence-corrected chi connectivity index (χ4v) is 2.08. The van der Waals surface area contributed by atoms with Crippen LogP contribution in [0.15, 0.2) is 48.5 Å². The van der Waals surface area contributed by atoms with E-state index in [0.717, 1.165) is 5.56 Å². The molecular weight excluding hydrogens is 316 g/mol. The zero-order valence-electron chi connectivity index (χ0n) is 12.6. The molecule has 23 heavy (non-hydrogen) atoms. The summed E-state index contributed by atoms with van der Waals surface area (Å²) in [4.78, 5) is 23.6. The summed E-state index contributed by atoms with van der Waals surface area (Å²) in [6, 6.07) is 13.2. The second kappa shape index (κ2) is 7.65. The summed E-state index contributed by atoms with van der Waals surface area (Å²) in [6.45, 7) is 1.49. The monoisotopic (exact) mass is 332 g/mol. The molecule has 0 saturated carbocycles. The highest BCUT2D eigenvalue weighted by atomic mass is 35.5. The molecule has 0 spiro atoms. The standard InChI is InChI=1S/C17H17ClN2O3/c1-11(12-2-6-14(18)7-3-12)20-16(21)10-23-17(22)13-4-8-15(19)9-5-13/h2-9,11H,10,19H2,1H3,(H,20,21)/t11-/m1/s1. The molecule has 1 atom stereocenters. The van der Waals surface area contributed by atoms with Crippen LogP contribution in [0.1, 0.15) is 28.9 Å². The smallest absolute Gasteiger partial charge is 0.338 e. The average molecular weight is 333 g/mol. The lowest BCUT2D eigenvalue weighted by molar-refractivity contribution is -0.124. The number of halogens is 1. The van der Waals surface area contributed by atoms with Gasteiger partial charge in [-0.05, 0) is 48.9 Å². The Morgan fingerprint density at radius 1 is 1.13 bits per heavy atom. The first-order valence-corrected chi connectivity index (χ1v) is 7.41. The Kier molecular flexibility index (Phi) is 5.60. The zero-order valence-corrected chi connectivity index (χ0v) is 13.3. The number of ether oxygens (including phenoxy) is 1. The predicted octanol–water partition coefficient (Wildman–Crippen LogP) is 2.96. The van der Waals surface area contributed by atoms with Crippen LogP contribution in [-0.2, 0) is 9.53 Å². The molecular formula is C17H17ClN2O3. The average Bonchev–Trinajstić information content (AvgIpc) is 2.54. The zero-order chi connectivity index (χ0) is 16.8. The van der Waals surface area contributed by atoms with Gasteiger partial charge in [0.05, 0.1) is 11.6 Å². The summed E-state index contributed by atoms with van der Waals surface area (Å²) >= 11 is 5.82. The Morgan fingerprint density at radius 2 is 1.74 bits per heavy atom. The van der Waals surface area contributed by atoms with Gasteiger partial charge in [0.2, 0.25) is 0 Å². The minimum atomic E-state index is -0.570. The third kappa shape index (κ3) is 5.00. The number of carbonyl (C=O) groups is 2. The van der Waals surface area contributed by atoms with Gasteiger partial charge in [0.15, 0.2) is 6.61 Å². The third-order valence-corrected chi connectivity index (χ3v) is 3.48. The Balaban J connectivity index is 1.83. The Morgan fingerprint density at radius 3 is 2.35 bits per heavy atom. The van der Waals surface area contributed by atoms with E-state index < -0.39 is 5.97 Å². The molecule has 0 saturated heterocycles.